The van der Waals surface area contributed by atoms with Gasteiger partial charge in [0.1, 0.15) is 0 Å². The Hall–Kier alpha value is -2.21. The number of anilines is 2. The Labute approximate surface area is 160 Å². The topological polar surface area (TPSA) is 42.9 Å². The Balaban J connectivity index is 1.47. The highest BCUT2D eigenvalue weighted by Gasteiger charge is 2.20. The maximum Gasteiger partial charge on any atom is 0.191 e. The van der Waals surface area contributed by atoms with E-state index in [0.717, 1.165) is 38.4 Å². The molecule has 0 saturated carbocycles. The van der Waals surface area contributed by atoms with Gasteiger partial charge in [-0.2, -0.15) is 0 Å². The first-order chi connectivity index (χ1) is 12.7. The van der Waals surface area contributed by atoms with Gasteiger partial charge in [-0.1, -0.05) is 12.1 Å². The minimum absolute atomic E-state index is 0.477. The van der Waals surface area contributed by atoms with Crippen LogP contribution >= 0.6 is 11.3 Å². The zero-order valence-electron chi connectivity index (χ0n) is 15.9. The van der Waals surface area contributed by atoms with Crippen LogP contribution in [0.1, 0.15) is 18.4 Å². The largest absolute Gasteiger partial charge is 0.378 e. The molecular weight excluding hydrogens is 342 g/mol. The summed E-state index contributed by atoms with van der Waals surface area (Å²) in [5.74, 6) is 0.884. The molecule has 2 aromatic rings. The zero-order valence-corrected chi connectivity index (χ0v) is 16.7. The second kappa shape index (κ2) is 8.94. The summed E-state index contributed by atoms with van der Waals surface area (Å²) in [5.41, 5.74) is 2.47. The normalized spacial score (nSPS) is 15.8. The lowest BCUT2D eigenvalue weighted by molar-refractivity contribution is 0.463. The molecule has 1 aliphatic heterocycles. The van der Waals surface area contributed by atoms with E-state index in [1.807, 2.05) is 18.4 Å². The van der Waals surface area contributed by atoms with Crippen LogP contribution in [0.2, 0.25) is 0 Å². The molecule has 140 valence electrons. The second-order valence-electron chi connectivity index (χ2n) is 6.85. The maximum absolute atomic E-state index is 4.40. The highest BCUT2D eigenvalue weighted by atomic mass is 32.1. The van der Waals surface area contributed by atoms with Gasteiger partial charge in [0.2, 0.25) is 0 Å². The maximum atomic E-state index is 4.40. The Bertz CT molecular complexity index is 703. The average molecular weight is 372 g/mol. The number of hydrogen-bond donors (Lipinski definition) is 2. The number of aliphatic imine (C=N–C) groups is 1. The summed E-state index contributed by atoms with van der Waals surface area (Å²) in [6, 6.07) is 13.4. The molecule has 3 rings (SSSR count). The van der Waals surface area contributed by atoms with Crippen molar-refractivity contribution in [1.29, 1.82) is 0 Å². The molecule has 0 radical (unpaired) electrons. The third-order valence-corrected chi connectivity index (χ3v) is 5.69. The van der Waals surface area contributed by atoms with Crippen LogP contribution in [0.15, 0.2) is 46.8 Å². The lowest BCUT2D eigenvalue weighted by atomic mass is 10.1. The van der Waals surface area contributed by atoms with Gasteiger partial charge in [0.25, 0.3) is 0 Å². The van der Waals surface area contributed by atoms with Crippen LogP contribution in [0.25, 0.3) is 0 Å². The molecule has 1 aliphatic rings. The first-order valence-electron chi connectivity index (χ1n) is 9.17. The summed E-state index contributed by atoms with van der Waals surface area (Å²) < 4.78 is 0. The third kappa shape index (κ3) is 4.91. The molecule has 0 amide bonds. The summed E-state index contributed by atoms with van der Waals surface area (Å²) in [5, 5.41) is 10.6. The summed E-state index contributed by atoms with van der Waals surface area (Å²) in [7, 11) is 5.97. The monoisotopic (exact) mass is 371 g/mol. The van der Waals surface area contributed by atoms with Crippen molar-refractivity contribution in [2.45, 2.75) is 25.4 Å². The summed E-state index contributed by atoms with van der Waals surface area (Å²) in [6.45, 7) is 2.97. The molecule has 2 N–H and O–H groups in total. The molecule has 1 aromatic carbocycles. The number of piperidine rings is 1. The second-order valence-corrected chi connectivity index (χ2v) is 7.77. The Morgan fingerprint density at radius 3 is 2.69 bits per heavy atom. The molecule has 2 heterocycles. The van der Waals surface area contributed by atoms with Gasteiger partial charge in [-0.25, -0.2) is 0 Å². The molecule has 1 fully saturated rings. The Kier molecular flexibility index (Phi) is 6.39. The van der Waals surface area contributed by atoms with Gasteiger partial charge in [-0.3, -0.25) is 4.99 Å². The van der Waals surface area contributed by atoms with Gasteiger partial charge in [-0.05, 0) is 48.1 Å². The Morgan fingerprint density at radius 1 is 1.23 bits per heavy atom. The summed E-state index contributed by atoms with van der Waals surface area (Å²) >= 11 is 1.82. The fraction of sp³-hybridized carbons (Fsp3) is 0.450. The van der Waals surface area contributed by atoms with E-state index < -0.39 is 0 Å². The smallest absolute Gasteiger partial charge is 0.191 e. The SMILES string of the molecule is CN=C(NCc1cccc(N(C)C)c1)NC1CCN(c2cccs2)CC1. The minimum atomic E-state index is 0.477. The van der Waals surface area contributed by atoms with Crippen LogP contribution < -0.4 is 20.4 Å². The van der Waals surface area contributed by atoms with Crippen molar-refractivity contribution >= 4 is 28.0 Å². The van der Waals surface area contributed by atoms with E-state index in [1.54, 1.807) is 0 Å². The van der Waals surface area contributed by atoms with Gasteiger partial charge >= 0.3 is 0 Å². The van der Waals surface area contributed by atoms with Gasteiger partial charge in [0.05, 0.1) is 5.00 Å². The predicted octanol–water partition coefficient (Wildman–Crippen LogP) is 3.15. The van der Waals surface area contributed by atoms with Gasteiger partial charge < -0.3 is 20.4 Å². The summed E-state index contributed by atoms with van der Waals surface area (Å²) in [4.78, 5) is 9.00. The van der Waals surface area contributed by atoms with E-state index in [-0.39, 0.29) is 0 Å². The van der Waals surface area contributed by atoms with Crippen molar-refractivity contribution in [3.8, 4) is 0 Å². The fourth-order valence-corrected chi connectivity index (χ4v) is 4.00. The minimum Gasteiger partial charge on any atom is -0.378 e. The van der Waals surface area contributed by atoms with E-state index in [1.165, 1.54) is 16.3 Å². The van der Waals surface area contributed by atoms with Crippen LogP contribution in [-0.2, 0) is 6.54 Å². The van der Waals surface area contributed by atoms with Crippen LogP contribution in [0.5, 0.6) is 0 Å². The van der Waals surface area contributed by atoms with Crippen molar-refractivity contribution in [2.75, 3.05) is 44.0 Å². The number of benzene rings is 1. The number of nitrogens with zero attached hydrogens (tertiary/aromatic N) is 3. The van der Waals surface area contributed by atoms with Crippen molar-refractivity contribution in [3.05, 3.63) is 47.3 Å². The van der Waals surface area contributed by atoms with E-state index in [9.17, 15) is 0 Å². The molecule has 0 atom stereocenters. The van der Waals surface area contributed by atoms with E-state index in [2.05, 4.69) is 81.3 Å². The first-order valence-corrected chi connectivity index (χ1v) is 10.1. The molecule has 0 unspecified atom stereocenters. The number of nitrogens with one attached hydrogen (secondary N) is 2. The predicted molar refractivity (Wildman–Crippen MR) is 114 cm³/mol. The number of rotatable bonds is 5. The lowest BCUT2D eigenvalue weighted by Crippen LogP contribution is -2.48. The van der Waals surface area contributed by atoms with Crippen LogP contribution in [0, 0.1) is 0 Å². The van der Waals surface area contributed by atoms with Crippen molar-refractivity contribution < 1.29 is 0 Å². The Morgan fingerprint density at radius 2 is 2.04 bits per heavy atom. The molecular formula is C20H29N5S. The number of hydrogen-bond acceptors (Lipinski definition) is 4. The molecule has 5 nitrogen and oxygen atoms in total. The van der Waals surface area contributed by atoms with Gasteiger partial charge in [-0.15, -0.1) is 11.3 Å². The quantitative estimate of drug-likeness (QED) is 0.626. The third-order valence-electron chi connectivity index (χ3n) is 4.76. The fourth-order valence-electron chi connectivity index (χ4n) is 3.21. The van der Waals surface area contributed by atoms with E-state index in [4.69, 9.17) is 0 Å². The molecule has 26 heavy (non-hydrogen) atoms. The molecule has 0 bridgehead atoms. The van der Waals surface area contributed by atoms with Crippen molar-refractivity contribution in [2.24, 2.45) is 4.99 Å². The van der Waals surface area contributed by atoms with E-state index >= 15 is 0 Å². The molecule has 6 heteroatoms. The molecule has 0 aliphatic carbocycles. The van der Waals surface area contributed by atoms with Gasteiger partial charge in [0, 0.05) is 52.5 Å². The molecule has 0 spiro atoms. The van der Waals surface area contributed by atoms with Crippen molar-refractivity contribution in [3.63, 3.8) is 0 Å². The van der Waals surface area contributed by atoms with Crippen LogP contribution in [0.3, 0.4) is 0 Å². The molecule has 1 aromatic heterocycles. The first kappa shape index (κ1) is 18.6. The highest BCUT2D eigenvalue weighted by Crippen LogP contribution is 2.24. The van der Waals surface area contributed by atoms with E-state index in [0.29, 0.717) is 6.04 Å². The van der Waals surface area contributed by atoms with Crippen molar-refractivity contribution in [1.82, 2.24) is 10.6 Å². The summed E-state index contributed by atoms with van der Waals surface area (Å²) in [6.07, 6.45) is 2.27. The van der Waals surface area contributed by atoms with Crippen LogP contribution in [0.4, 0.5) is 10.7 Å². The number of guanidine groups is 1. The van der Waals surface area contributed by atoms with Gasteiger partial charge in [0.15, 0.2) is 5.96 Å². The molecule has 1 saturated heterocycles. The average Bonchev–Trinajstić information content (AvgIpc) is 3.20. The lowest BCUT2D eigenvalue weighted by Gasteiger charge is -2.33. The zero-order chi connectivity index (χ0) is 18.4. The van der Waals surface area contributed by atoms with Crippen LogP contribution in [-0.4, -0.2) is 46.2 Å². The number of thiophene rings is 1. The standard InChI is InChI=1S/C20H29N5S/c1-21-20(22-15-16-6-4-7-18(14-16)24(2)3)23-17-9-11-25(12-10-17)19-8-5-13-26-19/h4-8,13-14,17H,9-12,15H2,1-3H3,(H2,21,22,23). The highest BCUT2D eigenvalue weighted by molar-refractivity contribution is 7.14.